The zero-order valence-corrected chi connectivity index (χ0v) is 27.4. The van der Waals surface area contributed by atoms with E-state index in [1.54, 1.807) is 26.8 Å². The fourth-order valence-electron chi connectivity index (χ4n) is 5.68. The van der Waals surface area contributed by atoms with Crippen LogP contribution in [0.5, 0.6) is 0 Å². The Bertz CT molecular complexity index is 1360. The van der Waals surface area contributed by atoms with Crippen LogP contribution in [0.15, 0.2) is 40.3 Å². The van der Waals surface area contributed by atoms with E-state index < -0.39 is 45.6 Å². The first-order valence-electron chi connectivity index (χ1n) is 15.3. The maximum Gasteiger partial charge on any atom is 0.408 e. The molecule has 3 rings (SSSR count). The Hall–Kier alpha value is -3.12. The van der Waals surface area contributed by atoms with Crippen LogP contribution in [0.4, 0.5) is 4.79 Å². The lowest BCUT2D eigenvalue weighted by Gasteiger charge is -2.29. The highest BCUT2D eigenvalue weighted by Gasteiger charge is 2.37. The summed E-state index contributed by atoms with van der Waals surface area (Å²) < 4.78 is 32.9. The van der Waals surface area contributed by atoms with Crippen molar-refractivity contribution in [3.05, 3.63) is 40.4 Å². The molecule has 0 spiro atoms. The van der Waals surface area contributed by atoms with Gasteiger partial charge in [-0.25, -0.2) is 17.9 Å². The summed E-state index contributed by atoms with van der Waals surface area (Å²) in [7, 11) is -4.02. The molecule has 2 unspecified atom stereocenters. The topological polar surface area (TPSA) is 165 Å². The van der Waals surface area contributed by atoms with Gasteiger partial charge in [0.2, 0.25) is 11.8 Å². The molecule has 1 aliphatic carbocycles. The van der Waals surface area contributed by atoms with Gasteiger partial charge in [0.25, 0.3) is 15.9 Å². The number of alkyl carbamates (subject to hydrolysis) is 1. The molecule has 0 aromatic heterocycles. The molecule has 1 heterocycles. The van der Waals surface area contributed by atoms with Gasteiger partial charge in [-0.05, 0) is 90.3 Å². The van der Waals surface area contributed by atoms with Crippen molar-refractivity contribution in [1.29, 1.82) is 0 Å². The number of rotatable bonds is 14. The number of likely N-dealkylation sites (tertiary alicyclic amines) is 1. The van der Waals surface area contributed by atoms with E-state index in [4.69, 9.17) is 22.1 Å². The Morgan fingerprint density at radius 1 is 1.07 bits per heavy atom. The summed E-state index contributed by atoms with van der Waals surface area (Å²) in [5, 5.41) is 2.96. The van der Waals surface area contributed by atoms with Crippen LogP contribution in [0, 0.1) is 0 Å². The van der Waals surface area contributed by atoms with Crippen LogP contribution < -0.4 is 15.8 Å². The molecule has 4 amide bonds. The zero-order valence-electron chi connectivity index (χ0n) is 25.8. The lowest BCUT2D eigenvalue weighted by atomic mass is 10.0. The number of nitrogens with one attached hydrogen (secondary N) is 2. The minimum absolute atomic E-state index is 0.0585. The quantitative estimate of drug-likeness (QED) is 0.245. The minimum atomic E-state index is -4.02. The molecule has 244 valence electrons. The third-order valence-electron chi connectivity index (χ3n) is 7.76. The second-order valence-corrected chi connectivity index (χ2v) is 14.5. The van der Waals surface area contributed by atoms with Crippen molar-refractivity contribution in [3.63, 3.8) is 0 Å². The number of ether oxygens (including phenoxy) is 1. The molecular formula is C31H45ClN4O7S. The molecule has 2 atom stereocenters. The summed E-state index contributed by atoms with van der Waals surface area (Å²) in [6.45, 7) is 5.65. The highest BCUT2D eigenvalue weighted by Crippen LogP contribution is 2.31. The minimum Gasteiger partial charge on any atom is -0.444 e. The van der Waals surface area contributed by atoms with Crippen LogP contribution in [0.3, 0.4) is 0 Å². The van der Waals surface area contributed by atoms with Crippen molar-refractivity contribution in [3.8, 4) is 0 Å². The number of benzene rings is 1. The number of nitrogens with zero attached hydrogens (tertiary/aromatic N) is 1. The molecule has 0 bridgehead atoms. The maximum atomic E-state index is 13.3. The number of sulfonamides is 1. The van der Waals surface area contributed by atoms with Crippen molar-refractivity contribution in [1.82, 2.24) is 14.9 Å². The number of primary amides is 1. The number of nitrogens with two attached hydrogens (primary N) is 1. The SMILES string of the molecule is CC(C)(C)OC(=O)NC(CCCCCCCC1=C(C(=O)NS(=O)(=O)c2cccc(Cl)c2)CCC1)C(=O)N1CCCC1C(N)=O. The molecule has 11 nitrogen and oxygen atoms in total. The summed E-state index contributed by atoms with van der Waals surface area (Å²) in [4.78, 5) is 51.9. The number of allylic oxidation sites excluding steroid dienone is 1. The number of halogens is 1. The highest BCUT2D eigenvalue weighted by atomic mass is 35.5. The number of hydrogen-bond acceptors (Lipinski definition) is 7. The van der Waals surface area contributed by atoms with E-state index in [0.717, 1.165) is 44.1 Å². The molecule has 1 aromatic rings. The molecule has 4 N–H and O–H groups in total. The van der Waals surface area contributed by atoms with Gasteiger partial charge in [-0.3, -0.25) is 14.4 Å². The smallest absolute Gasteiger partial charge is 0.408 e. The molecule has 0 saturated carbocycles. The zero-order chi connectivity index (χ0) is 32.5. The molecule has 44 heavy (non-hydrogen) atoms. The molecular weight excluding hydrogens is 608 g/mol. The largest absolute Gasteiger partial charge is 0.444 e. The highest BCUT2D eigenvalue weighted by molar-refractivity contribution is 7.90. The molecule has 13 heteroatoms. The van der Waals surface area contributed by atoms with E-state index in [-0.39, 0.29) is 15.8 Å². The van der Waals surface area contributed by atoms with Gasteiger partial charge in [-0.2, -0.15) is 0 Å². The number of carbonyl (C=O) groups excluding carboxylic acids is 4. The Kier molecular flexibility index (Phi) is 12.7. The van der Waals surface area contributed by atoms with Crippen LogP contribution in [-0.4, -0.2) is 61.4 Å². The summed E-state index contributed by atoms with van der Waals surface area (Å²) in [5.74, 6) is -1.46. The lowest BCUT2D eigenvalue weighted by molar-refractivity contribution is -0.139. The monoisotopic (exact) mass is 652 g/mol. The fourth-order valence-corrected chi connectivity index (χ4v) is 6.96. The second kappa shape index (κ2) is 15.7. The summed E-state index contributed by atoms with van der Waals surface area (Å²) >= 11 is 5.91. The van der Waals surface area contributed by atoms with Crippen molar-refractivity contribution in [2.75, 3.05) is 6.54 Å². The third-order valence-corrected chi connectivity index (χ3v) is 9.33. The first-order valence-corrected chi connectivity index (χ1v) is 17.2. The van der Waals surface area contributed by atoms with Gasteiger partial charge < -0.3 is 20.7 Å². The molecule has 0 radical (unpaired) electrons. The van der Waals surface area contributed by atoms with Gasteiger partial charge in [-0.15, -0.1) is 0 Å². The van der Waals surface area contributed by atoms with Crippen LogP contribution >= 0.6 is 11.6 Å². The standard InChI is InChI=1S/C31H45ClN4O7S/c1-31(2,3)43-30(40)34-25(29(39)36-19-11-18-26(36)27(33)37)17-8-6-4-5-7-12-21-13-9-16-24(21)28(38)35-44(41,42)23-15-10-14-22(32)20-23/h10,14-15,20,25-26H,4-9,11-13,16-19H2,1-3H3,(H2,33,37)(H,34,40)(H,35,38). The van der Waals surface area contributed by atoms with Gasteiger partial charge in [-0.1, -0.05) is 48.9 Å². The van der Waals surface area contributed by atoms with E-state index >= 15 is 0 Å². The Morgan fingerprint density at radius 3 is 2.45 bits per heavy atom. The van der Waals surface area contributed by atoms with Gasteiger partial charge >= 0.3 is 6.09 Å². The van der Waals surface area contributed by atoms with E-state index in [0.29, 0.717) is 50.6 Å². The van der Waals surface area contributed by atoms with Crippen molar-refractivity contribution >= 4 is 45.4 Å². The van der Waals surface area contributed by atoms with Crippen LogP contribution in [0.1, 0.15) is 97.8 Å². The predicted octanol–water partition coefficient (Wildman–Crippen LogP) is 4.73. The van der Waals surface area contributed by atoms with Crippen molar-refractivity contribution in [2.24, 2.45) is 5.73 Å². The lowest BCUT2D eigenvalue weighted by Crippen LogP contribution is -2.53. The number of unbranched alkanes of at least 4 members (excludes halogenated alkanes) is 4. The normalized spacial score (nSPS) is 17.8. The molecule has 1 fully saturated rings. The van der Waals surface area contributed by atoms with Gasteiger partial charge in [0.1, 0.15) is 17.7 Å². The molecule has 1 aliphatic heterocycles. The van der Waals surface area contributed by atoms with Gasteiger partial charge in [0, 0.05) is 17.1 Å². The fraction of sp³-hybridized carbons (Fsp3) is 0.613. The van der Waals surface area contributed by atoms with Gasteiger partial charge in [0.05, 0.1) is 4.90 Å². The predicted molar refractivity (Wildman–Crippen MR) is 167 cm³/mol. The third kappa shape index (κ3) is 10.5. The summed E-state index contributed by atoms with van der Waals surface area (Å²) in [6, 6.07) is 4.29. The van der Waals surface area contributed by atoms with Crippen LogP contribution in [-0.2, 0) is 29.1 Å². The number of carbonyl (C=O) groups is 4. The van der Waals surface area contributed by atoms with E-state index in [1.165, 1.54) is 23.1 Å². The summed E-state index contributed by atoms with van der Waals surface area (Å²) in [5.41, 5.74) is 6.32. The first-order chi connectivity index (χ1) is 20.7. The Labute approximate surface area is 265 Å². The number of amides is 4. The van der Waals surface area contributed by atoms with E-state index in [9.17, 15) is 27.6 Å². The Morgan fingerprint density at radius 2 is 1.77 bits per heavy atom. The molecule has 2 aliphatic rings. The average molecular weight is 653 g/mol. The number of hydrogen-bond donors (Lipinski definition) is 3. The Balaban J connectivity index is 1.48. The summed E-state index contributed by atoms with van der Waals surface area (Å²) in [6.07, 6.45) is 7.87. The molecule has 1 aromatic carbocycles. The van der Waals surface area contributed by atoms with Crippen molar-refractivity contribution in [2.45, 2.75) is 120 Å². The van der Waals surface area contributed by atoms with Crippen LogP contribution in [0.2, 0.25) is 5.02 Å². The molecule has 1 saturated heterocycles. The second-order valence-electron chi connectivity index (χ2n) is 12.4. The van der Waals surface area contributed by atoms with Crippen molar-refractivity contribution < 1.29 is 32.3 Å². The van der Waals surface area contributed by atoms with Gasteiger partial charge in [0.15, 0.2) is 0 Å². The maximum absolute atomic E-state index is 13.3. The van der Waals surface area contributed by atoms with Crippen LogP contribution in [0.25, 0.3) is 0 Å². The van der Waals surface area contributed by atoms with E-state index in [1.807, 2.05) is 0 Å². The first kappa shape index (κ1) is 35.4. The van der Waals surface area contributed by atoms with E-state index in [2.05, 4.69) is 10.0 Å². The average Bonchev–Trinajstić information content (AvgIpc) is 3.60.